The van der Waals surface area contributed by atoms with Crippen molar-refractivity contribution >= 4 is 17.7 Å². The monoisotopic (exact) mass is 425 g/mol. The van der Waals surface area contributed by atoms with Crippen molar-refractivity contribution < 1.29 is 9.53 Å². The first kappa shape index (κ1) is 21.3. The van der Waals surface area contributed by atoms with E-state index in [9.17, 15) is 4.79 Å². The Morgan fingerprint density at radius 2 is 1.77 bits per heavy atom. The van der Waals surface area contributed by atoms with Gasteiger partial charge in [-0.05, 0) is 69.0 Å². The van der Waals surface area contributed by atoms with Crippen LogP contribution in [0, 0.1) is 5.92 Å². The Morgan fingerprint density at radius 3 is 2.40 bits per heavy atom. The van der Waals surface area contributed by atoms with Crippen molar-refractivity contribution in [3.8, 4) is 0 Å². The maximum absolute atomic E-state index is 12.9. The van der Waals surface area contributed by atoms with Crippen molar-refractivity contribution in [2.75, 3.05) is 32.7 Å². The highest BCUT2D eigenvalue weighted by Gasteiger charge is 2.28. The summed E-state index contributed by atoms with van der Waals surface area (Å²) < 4.78 is 5.85. The number of hydrogen-bond donors (Lipinski definition) is 0. The first-order chi connectivity index (χ1) is 14.6. The van der Waals surface area contributed by atoms with Gasteiger partial charge >= 0.3 is 0 Å². The number of pyridine rings is 1. The van der Waals surface area contributed by atoms with Gasteiger partial charge in [-0.3, -0.25) is 9.69 Å². The van der Waals surface area contributed by atoms with Crippen LogP contribution in [0.1, 0.15) is 37.0 Å². The first-order valence-electron chi connectivity index (χ1n) is 10.9. The predicted octanol–water partition coefficient (Wildman–Crippen LogP) is 4.19. The van der Waals surface area contributed by atoms with Crippen LogP contribution in [0.4, 0.5) is 0 Å². The summed E-state index contributed by atoms with van der Waals surface area (Å²) in [5, 5.41) is 0.961. The molecule has 2 aliphatic rings. The SMILES string of the molecule is CC1CN(CC2CCN(C(=O)c3ccc(Sc4ccccn4)cc3)CC2)CC(C)O1. The van der Waals surface area contributed by atoms with Gasteiger partial charge in [0.05, 0.1) is 12.2 Å². The topological polar surface area (TPSA) is 45.7 Å². The number of benzene rings is 1. The van der Waals surface area contributed by atoms with Gasteiger partial charge in [-0.1, -0.05) is 17.8 Å². The summed E-state index contributed by atoms with van der Waals surface area (Å²) in [7, 11) is 0. The molecule has 5 nitrogen and oxygen atoms in total. The van der Waals surface area contributed by atoms with Crippen LogP contribution in [0.2, 0.25) is 0 Å². The highest BCUT2D eigenvalue weighted by Crippen LogP contribution is 2.27. The summed E-state index contributed by atoms with van der Waals surface area (Å²) in [5.74, 6) is 0.820. The molecule has 3 heterocycles. The molecule has 1 aromatic heterocycles. The molecule has 2 aliphatic heterocycles. The Hall–Kier alpha value is -1.89. The molecule has 0 spiro atoms. The molecule has 30 heavy (non-hydrogen) atoms. The lowest BCUT2D eigenvalue weighted by Crippen LogP contribution is -2.48. The molecule has 0 aliphatic carbocycles. The van der Waals surface area contributed by atoms with Gasteiger partial charge in [0.15, 0.2) is 0 Å². The summed E-state index contributed by atoms with van der Waals surface area (Å²) in [6.07, 6.45) is 4.59. The van der Waals surface area contributed by atoms with Crippen molar-refractivity contribution in [3.63, 3.8) is 0 Å². The number of nitrogens with zero attached hydrogens (tertiary/aromatic N) is 3. The summed E-state index contributed by atoms with van der Waals surface area (Å²) in [6, 6.07) is 13.8. The Kier molecular flexibility index (Phi) is 7.08. The predicted molar refractivity (Wildman–Crippen MR) is 120 cm³/mol. The lowest BCUT2D eigenvalue weighted by molar-refractivity contribution is -0.0728. The molecule has 2 saturated heterocycles. The molecular formula is C24H31N3O2S. The van der Waals surface area contributed by atoms with Crippen molar-refractivity contribution in [3.05, 3.63) is 54.2 Å². The zero-order valence-corrected chi connectivity index (χ0v) is 18.7. The average Bonchev–Trinajstić information content (AvgIpc) is 2.74. The molecule has 2 unspecified atom stereocenters. The number of carbonyl (C=O) groups is 1. The number of rotatable bonds is 5. The Labute approximate surface area is 183 Å². The quantitative estimate of drug-likeness (QED) is 0.719. The Bertz CT molecular complexity index is 812. The highest BCUT2D eigenvalue weighted by atomic mass is 32.2. The van der Waals surface area contributed by atoms with Gasteiger partial charge in [0, 0.05) is 49.4 Å². The van der Waals surface area contributed by atoms with E-state index >= 15 is 0 Å². The second kappa shape index (κ2) is 9.94. The molecule has 1 amide bonds. The molecule has 0 radical (unpaired) electrons. The molecule has 1 aromatic carbocycles. The van der Waals surface area contributed by atoms with Gasteiger partial charge in [0.25, 0.3) is 5.91 Å². The molecule has 0 N–H and O–H groups in total. The second-order valence-electron chi connectivity index (χ2n) is 8.51. The smallest absolute Gasteiger partial charge is 0.253 e. The molecule has 6 heteroatoms. The summed E-state index contributed by atoms with van der Waals surface area (Å²) >= 11 is 1.61. The van der Waals surface area contributed by atoms with Gasteiger partial charge in [-0.2, -0.15) is 0 Å². The van der Waals surface area contributed by atoms with Crippen LogP contribution < -0.4 is 0 Å². The fourth-order valence-electron chi connectivity index (χ4n) is 4.49. The maximum Gasteiger partial charge on any atom is 0.253 e. The minimum absolute atomic E-state index is 0.149. The number of aromatic nitrogens is 1. The van der Waals surface area contributed by atoms with Crippen molar-refractivity contribution in [2.24, 2.45) is 5.92 Å². The van der Waals surface area contributed by atoms with Gasteiger partial charge < -0.3 is 9.64 Å². The molecule has 2 aromatic rings. The van der Waals surface area contributed by atoms with Crippen LogP contribution >= 0.6 is 11.8 Å². The fraction of sp³-hybridized carbons (Fsp3) is 0.500. The third kappa shape index (κ3) is 5.62. The van der Waals surface area contributed by atoms with Crippen molar-refractivity contribution in [1.29, 1.82) is 0 Å². The number of likely N-dealkylation sites (tertiary alicyclic amines) is 1. The summed E-state index contributed by atoms with van der Waals surface area (Å²) in [4.78, 5) is 22.9. The van der Waals surface area contributed by atoms with Gasteiger partial charge in [0.2, 0.25) is 0 Å². The molecule has 0 bridgehead atoms. The van der Waals surface area contributed by atoms with Crippen molar-refractivity contribution in [2.45, 2.75) is 48.8 Å². The zero-order valence-electron chi connectivity index (χ0n) is 17.9. The number of amides is 1. The Balaban J connectivity index is 1.27. The normalized spacial score (nSPS) is 23.5. The Morgan fingerprint density at radius 1 is 1.07 bits per heavy atom. The molecule has 2 fully saturated rings. The van der Waals surface area contributed by atoms with E-state index in [1.54, 1.807) is 18.0 Å². The maximum atomic E-state index is 12.9. The largest absolute Gasteiger partial charge is 0.373 e. The van der Waals surface area contributed by atoms with Gasteiger partial charge in [0.1, 0.15) is 5.03 Å². The van der Waals surface area contributed by atoms with Gasteiger partial charge in [-0.15, -0.1) is 0 Å². The second-order valence-corrected chi connectivity index (χ2v) is 9.60. The van der Waals surface area contributed by atoms with E-state index in [2.05, 4.69) is 23.7 Å². The van der Waals surface area contributed by atoms with E-state index in [1.807, 2.05) is 47.4 Å². The number of ether oxygens (including phenoxy) is 1. The van der Waals surface area contributed by atoms with E-state index in [-0.39, 0.29) is 5.91 Å². The van der Waals surface area contributed by atoms with E-state index in [0.717, 1.165) is 61.1 Å². The van der Waals surface area contributed by atoms with Crippen LogP contribution in [0.25, 0.3) is 0 Å². The zero-order chi connectivity index (χ0) is 20.9. The van der Waals surface area contributed by atoms with E-state index in [1.165, 1.54) is 0 Å². The minimum atomic E-state index is 0.149. The lowest BCUT2D eigenvalue weighted by Gasteiger charge is -2.39. The van der Waals surface area contributed by atoms with E-state index in [0.29, 0.717) is 18.1 Å². The summed E-state index contributed by atoms with van der Waals surface area (Å²) in [6.45, 7) is 9.18. The molecule has 2 atom stereocenters. The average molecular weight is 426 g/mol. The van der Waals surface area contributed by atoms with Crippen molar-refractivity contribution in [1.82, 2.24) is 14.8 Å². The molecular weight excluding hydrogens is 394 g/mol. The van der Waals surface area contributed by atoms with Gasteiger partial charge in [-0.25, -0.2) is 4.98 Å². The standard InChI is InChI=1S/C24H31N3O2S/c1-18-15-26(16-19(2)29-18)17-20-10-13-27(14-11-20)24(28)21-6-8-22(9-7-21)30-23-5-3-4-12-25-23/h3-9,12,18-20H,10-11,13-17H2,1-2H3. The van der Waals surface area contributed by atoms with Crippen LogP contribution in [0.3, 0.4) is 0 Å². The number of morpholine rings is 1. The van der Waals surface area contributed by atoms with Crippen LogP contribution in [-0.4, -0.2) is 65.6 Å². The highest BCUT2D eigenvalue weighted by molar-refractivity contribution is 7.99. The van der Waals surface area contributed by atoms with Crippen LogP contribution in [0.15, 0.2) is 58.6 Å². The van der Waals surface area contributed by atoms with Crippen LogP contribution in [0.5, 0.6) is 0 Å². The fourth-order valence-corrected chi connectivity index (χ4v) is 5.27. The summed E-state index contributed by atoms with van der Waals surface area (Å²) in [5.41, 5.74) is 0.773. The third-order valence-corrected chi connectivity index (χ3v) is 6.83. The first-order valence-corrected chi connectivity index (χ1v) is 11.7. The lowest BCUT2D eigenvalue weighted by atomic mass is 9.95. The van der Waals surface area contributed by atoms with E-state index in [4.69, 9.17) is 4.74 Å². The molecule has 160 valence electrons. The van der Waals surface area contributed by atoms with Crippen LogP contribution in [-0.2, 0) is 4.74 Å². The molecule has 4 rings (SSSR count). The van der Waals surface area contributed by atoms with E-state index < -0.39 is 0 Å². The number of carbonyl (C=O) groups excluding carboxylic acids is 1. The minimum Gasteiger partial charge on any atom is -0.373 e. The third-order valence-electron chi connectivity index (χ3n) is 5.87. The number of piperidine rings is 1. The molecule has 0 saturated carbocycles. The number of hydrogen-bond acceptors (Lipinski definition) is 5.